The molecule has 4 aromatic carbocycles. The maximum atomic E-state index is 6.80. The Morgan fingerprint density at radius 3 is 1.22 bits per heavy atom. The summed E-state index contributed by atoms with van der Waals surface area (Å²) in [6, 6.07) is 29.6. The van der Waals surface area contributed by atoms with E-state index < -0.39 is 0 Å². The Labute approximate surface area is 169 Å². The van der Waals surface area contributed by atoms with E-state index in [1.807, 2.05) is 0 Å². The second-order valence-electron chi connectivity index (χ2n) is 6.89. The molecular formula is C25H16Cl2. The van der Waals surface area contributed by atoms with Gasteiger partial charge in [0.05, 0.1) is 10.0 Å². The molecule has 0 fully saturated rings. The van der Waals surface area contributed by atoms with Crippen LogP contribution in [0.1, 0.15) is 11.1 Å². The number of fused-ring (bicyclic) bond motifs is 2. The lowest BCUT2D eigenvalue weighted by molar-refractivity contribution is 1.19. The molecule has 130 valence electrons. The highest BCUT2D eigenvalue weighted by Gasteiger charge is 2.14. The van der Waals surface area contributed by atoms with Crippen molar-refractivity contribution in [1.82, 2.24) is 0 Å². The predicted octanol–water partition coefficient (Wildman–Crippen LogP) is 7.90. The molecule has 0 saturated heterocycles. The first kappa shape index (κ1) is 16.6. The first-order valence-electron chi connectivity index (χ1n) is 8.97. The third-order valence-corrected chi connectivity index (χ3v) is 6.16. The van der Waals surface area contributed by atoms with E-state index in [9.17, 15) is 0 Å². The van der Waals surface area contributed by atoms with Crippen molar-refractivity contribution >= 4 is 23.2 Å². The van der Waals surface area contributed by atoms with Crippen LogP contribution in [0.3, 0.4) is 0 Å². The molecule has 27 heavy (non-hydrogen) atoms. The zero-order valence-electron chi connectivity index (χ0n) is 14.5. The largest absolute Gasteiger partial charge is 0.0833 e. The summed E-state index contributed by atoms with van der Waals surface area (Å²) in [6.07, 6.45) is 0.704. The number of hydrogen-bond acceptors (Lipinski definition) is 0. The Balaban J connectivity index is 1.81. The fraction of sp³-hybridized carbons (Fsp3) is 0.0400. The van der Waals surface area contributed by atoms with Crippen molar-refractivity contribution in [3.05, 3.63) is 106 Å². The normalized spacial score (nSPS) is 11.9. The number of benzene rings is 4. The van der Waals surface area contributed by atoms with E-state index in [4.69, 9.17) is 23.2 Å². The van der Waals surface area contributed by atoms with E-state index in [0.29, 0.717) is 6.42 Å². The van der Waals surface area contributed by atoms with Gasteiger partial charge in [0.1, 0.15) is 0 Å². The fourth-order valence-corrected chi connectivity index (χ4v) is 4.37. The molecule has 0 heterocycles. The van der Waals surface area contributed by atoms with E-state index in [-0.39, 0.29) is 0 Å². The van der Waals surface area contributed by atoms with E-state index in [2.05, 4.69) is 84.9 Å². The van der Waals surface area contributed by atoms with Crippen molar-refractivity contribution in [2.24, 2.45) is 0 Å². The van der Waals surface area contributed by atoms with Gasteiger partial charge in [-0.25, -0.2) is 0 Å². The summed E-state index contributed by atoms with van der Waals surface area (Å²) in [5.41, 5.74) is 8.90. The highest BCUT2D eigenvalue weighted by atomic mass is 35.5. The van der Waals surface area contributed by atoms with Gasteiger partial charge in [0, 0.05) is 17.5 Å². The monoisotopic (exact) mass is 386 g/mol. The van der Waals surface area contributed by atoms with Gasteiger partial charge in [-0.05, 0) is 33.4 Å². The van der Waals surface area contributed by atoms with Crippen LogP contribution in [0.4, 0.5) is 0 Å². The Morgan fingerprint density at radius 1 is 0.444 bits per heavy atom. The first-order chi connectivity index (χ1) is 13.2. The minimum Gasteiger partial charge on any atom is -0.0833 e. The van der Waals surface area contributed by atoms with Gasteiger partial charge in [-0.2, -0.15) is 0 Å². The maximum absolute atomic E-state index is 6.80. The van der Waals surface area contributed by atoms with Crippen molar-refractivity contribution in [2.75, 3.05) is 0 Å². The maximum Gasteiger partial charge on any atom is 0.0519 e. The van der Waals surface area contributed by atoms with Crippen LogP contribution in [0.25, 0.3) is 33.4 Å². The van der Waals surface area contributed by atoms with Crippen LogP contribution in [0.15, 0.2) is 84.9 Å². The van der Waals surface area contributed by atoms with E-state index >= 15 is 0 Å². The van der Waals surface area contributed by atoms with Gasteiger partial charge in [-0.3, -0.25) is 0 Å². The van der Waals surface area contributed by atoms with Crippen molar-refractivity contribution in [2.45, 2.75) is 6.42 Å². The average Bonchev–Trinajstić information content (AvgIpc) is 2.71. The molecule has 3 aliphatic carbocycles. The topological polar surface area (TPSA) is 0 Å². The molecule has 0 aliphatic heterocycles. The van der Waals surface area contributed by atoms with E-state index in [1.165, 1.54) is 11.1 Å². The molecule has 3 aliphatic rings. The van der Waals surface area contributed by atoms with Crippen molar-refractivity contribution in [1.29, 1.82) is 0 Å². The molecule has 0 unspecified atom stereocenters. The van der Waals surface area contributed by atoms with Crippen LogP contribution in [-0.4, -0.2) is 0 Å². The Bertz CT molecular complexity index is 1050. The SMILES string of the molecule is Clc1c2cccc1-c1ccc(cc1)-c1ccc(cc1)-c1cccc(c1Cl)C2. The molecule has 2 heteroatoms. The third kappa shape index (κ3) is 2.86. The average molecular weight is 387 g/mol. The number of hydrogen-bond donors (Lipinski definition) is 0. The molecule has 4 aromatic rings. The molecule has 0 radical (unpaired) electrons. The zero-order chi connectivity index (χ0) is 18.4. The molecule has 0 amide bonds. The van der Waals surface area contributed by atoms with Crippen LogP contribution in [0.2, 0.25) is 10.0 Å². The van der Waals surface area contributed by atoms with Gasteiger partial charge >= 0.3 is 0 Å². The molecule has 7 rings (SSSR count). The summed E-state index contributed by atoms with van der Waals surface area (Å²) in [4.78, 5) is 0. The summed E-state index contributed by atoms with van der Waals surface area (Å²) < 4.78 is 0. The summed E-state index contributed by atoms with van der Waals surface area (Å²) >= 11 is 13.6. The first-order valence-corrected chi connectivity index (χ1v) is 9.72. The molecule has 0 N–H and O–H groups in total. The predicted molar refractivity (Wildman–Crippen MR) is 116 cm³/mol. The molecular weight excluding hydrogens is 371 g/mol. The van der Waals surface area contributed by atoms with Gasteiger partial charge in [0.15, 0.2) is 0 Å². The van der Waals surface area contributed by atoms with Crippen LogP contribution < -0.4 is 0 Å². The van der Waals surface area contributed by atoms with Gasteiger partial charge in [-0.15, -0.1) is 0 Å². The molecule has 0 nitrogen and oxygen atoms in total. The Morgan fingerprint density at radius 2 is 0.815 bits per heavy atom. The van der Waals surface area contributed by atoms with Crippen LogP contribution in [-0.2, 0) is 6.42 Å². The zero-order valence-corrected chi connectivity index (χ0v) is 16.1. The lowest BCUT2D eigenvalue weighted by Gasteiger charge is -2.13. The van der Waals surface area contributed by atoms with Crippen molar-refractivity contribution in [3.8, 4) is 33.4 Å². The van der Waals surface area contributed by atoms with Crippen LogP contribution in [0, 0.1) is 0 Å². The van der Waals surface area contributed by atoms with Crippen molar-refractivity contribution in [3.63, 3.8) is 0 Å². The van der Waals surface area contributed by atoms with E-state index in [0.717, 1.165) is 43.4 Å². The molecule has 0 spiro atoms. The van der Waals surface area contributed by atoms with Gasteiger partial charge < -0.3 is 0 Å². The highest BCUT2D eigenvalue weighted by molar-refractivity contribution is 6.35. The molecule has 0 atom stereocenters. The fourth-order valence-electron chi connectivity index (χ4n) is 3.77. The molecule has 0 saturated carbocycles. The van der Waals surface area contributed by atoms with E-state index in [1.54, 1.807) is 0 Å². The third-order valence-electron chi connectivity index (χ3n) is 5.26. The second-order valence-corrected chi connectivity index (χ2v) is 7.64. The molecule has 8 bridgehead atoms. The minimum atomic E-state index is 0.704. The number of rotatable bonds is 0. The quantitative estimate of drug-likeness (QED) is 0.253. The van der Waals surface area contributed by atoms with Gasteiger partial charge in [0.2, 0.25) is 0 Å². The van der Waals surface area contributed by atoms with Gasteiger partial charge in [-0.1, -0.05) is 108 Å². The lowest BCUT2D eigenvalue weighted by atomic mass is 9.97. The minimum absolute atomic E-state index is 0.704. The Kier molecular flexibility index (Phi) is 4.04. The van der Waals surface area contributed by atoms with Crippen LogP contribution in [0.5, 0.6) is 0 Å². The van der Waals surface area contributed by atoms with Gasteiger partial charge in [0.25, 0.3) is 0 Å². The summed E-state index contributed by atoms with van der Waals surface area (Å²) in [5.74, 6) is 0. The lowest BCUT2D eigenvalue weighted by Crippen LogP contribution is -1.94. The summed E-state index contributed by atoms with van der Waals surface area (Å²) in [6.45, 7) is 0. The Hall–Kier alpha value is -2.54. The van der Waals surface area contributed by atoms with Crippen molar-refractivity contribution < 1.29 is 0 Å². The van der Waals surface area contributed by atoms with Crippen LogP contribution >= 0.6 is 23.2 Å². The second kappa shape index (κ2) is 6.56. The summed E-state index contributed by atoms with van der Waals surface area (Å²) in [7, 11) is 0. The summed E-state index contributed by atoms with van der Waals surface area (Å²) in [5, 5.41) is 1.59. The molecule has 0 aromatic heterocycles. The highest BCUT2D eigenvalue weighted by Crippen LogP contribution is 2.37. The standard InChI is InChI=1S/C25H16Cl2/c26-24-20-3-1-5-22(24)18-11-7-16(8-12-18)17-9-13-19(14-10-17)23-6-2-4-21(15-20)25(23)27/h1-14H,15H2. The smallest absolute Gasteiger partial charge is 0.0519 e. The number of halogens is 2.